The molecule has 0 N–H and O–H groups in total. The van der Waals surface area contributed by atoms with E-state index < -0.39 is 0 Å². The predicted octanol–water partition coefficient (Wildman–Crippen LogP) is 4.09. The Kier molecular flexibility index (Phi) is 5.67. The summed E-state index contributed by atoms with van der Waals surface area (Å²) < 4.78 is 20.3. The highest BCUT2D eigenvalue weighted by atomic mass is 127. The van der Waals surface area contributed by atoms with Crippen LogP contribution in [0.25, 0.3) is 0 Å². The van der Waals surface area contributed by atoms with Crippen molar-refractivity contribution < 1.29 is 18.7 Å². The van der Waals surface area contributed by atoms with Crippen LogP contribution < -0.4 is 4.74 Å². The number of hydrogen-bond donors (Lipinski definition) is 0. The van der Waals surface area contributed by atoms with Gasteiger partial charge < -0.3 is 4.74 Å². The Morgan fingerprint density at radius 3 is 2.40 bits per heavy atom. The highest BCUT2D eigenvalue weighted by Gasteiger charge is 2.29. The van der Waals surface area contributed by atoms with Crippen LogP contribution in [0, 0.1) is 9.39 Å². The molecule has 1 saturated heterocycles. The van der Waals surface area contributed by atoms with Gasteiger partial charge in [-0.3, -0.25) is 14.5 Å². The average molecular weight is 453 g/mol. The smallest absolute Gasteiger partial charge is 0.229 e. The fourth-order valence-electron chi connectivity index (χ4n) is 2.79. The second kappa shape index (κ2) is 7.95. The summed E-state index contributed by atoms with van der Waals surface area (Å²) in [6.07, 6.45) is 0.629. The van der Waals surface area contributed by atoms with E-state index >= 15 is 0 Å². The summed E-state index contributed by atoms with van der Waals surface area (Å²) >= 11 is 2.20. The first-order valence-corrected chi connectivity index (χ1v) is 9.11. The van der Waals surface area contributed by atoms with E-state index in [1.54, 1.807) is 12.1 Å². The van der Waals surface area contributed by atoms with E-state index in [0.717, 1.165) is 9.13 Å². The number of ether oxygens (including phenoxy) is 1. The van der Waals surface area contributed by atoms with Crippen LogP contribution >= 0.6 is 22.6 Å². The standard InChI is InChI=1S/C19H17FINO3/c20-14-6-4-13(5-7-14)17(25-16-3-1-2-15(21)12-16)10-11-22-18(23)8-9-19(22)24/h1-7,12,17H,8-11H2. The van der Waals surface area contributed by atoms with E-state index in [1.165, 1.54) is 17.0 Å². The molecule has 3 rings (SSSR count). The lowest BCUT2D eigenvalue weighted by Gasteiger charge is -2.22. The second-order valence-corrected chi connectivity index (χ2v) is 7.09. The van der Waals surface area contributed by atoms with Crippen molar-refractivity contribution >= 4 is 34.4 Å². The molecule has 0 bridgehead atoms. The molecule has 130 valence electrons. The number of rotatable bonds is 6. The van der Waals surface area contributed by atoms with E-state index in [-0.39, 0.29) is 36.6 Å². The molecule has 0 aliphatic carbocycles. The fourth-order valence-corrected chi connectivity index (χ4v) is 3.31. The van der Waals surface area contributed by atoms with Crippen LogP contribution in [-0.2, 0) is 9.59 Å². The Labute approximate surface area is 159 Å². The number of amides is 2. The zero-order valence-electron chi connectivity index (χ0n) is 13.5. The summed E-state index contributed by atoms with van der Waals surface area (Å²) in [5.74, 6) is 0.0937. The van der Waals surface area contributed by atoms with Crippen LogP contribution in [0.1, 0.15) is 30.9 Å². The van der Waals surface area contributed by atoms with Gasteiger partial charge in [0.15, 0.2) is 0 Å². The van der Waals surface area contributed by atoms with Gasteiger partial charge in [-0.25, -0.2) is 4.39 Å². The molecule has 1 aliphatic rings. The highest BCUT2D eigenvalue weighted by molar-refractivity contribution is 14.1. The summed E-state index contributed by atoms with van der Waals surface area (Å²) in [5.41, 5.74) is 0.805. The van der Waals surface area contributed by atoms with Crippen LogP contribution in [0.4, 0.5) is 4.39 Å². The van der Waals surface area contributed by atoms with E-state index in [2.05, 4.69) is 22.6 Å². The van der Waals surface area contributed by atoms with Crippen molar-refractivity contribution in [2.24, 2.45) is 0 Å². The van der Waals surface area contributed by atoms with Crippen molar-refractivity contribution in [1.82, 2.24) is 4.90 Å². The third-order valence-electron chi connectivity index (χ3n) is 4.09. The molecule has 0 radical (unpaired) electrons. The molecule has 1 aliphatic heterocycles. The zero-order chi connectivity index (χ0) is 17.8. The summed E-state index contributed by atoms with van der Waals surface area (Å²) in [6.45, 7) is 0.295. The number of benzene rings is 2. The lowest BCUT2D eigenvalue weighted by atomic mass is 10.1. The number of carbonyl (C=O) groups excluding carboxylic acids is 2. The first kappa shape index (κ1) is 17.8. The molecule has 1 fully saturated rings. The number of imide groups is 1. The van der Waals surface area contributed by atoms with Crippen LogP contribution in [0.2, 0.25) is 0 Å². The van der Waals surface area contributed by atoms with Crippen molar-refractivity contribution in [2.45, 2.75) is 25.4 Å². The molecule has 1 heterocycles. The molecule has 1 unspecified atom stereocenters. The topological polar surface area (TPSA) is 46.6 Å². The molecule has 2 aromatic rings. The van der Waals surface area contributed by atoms with Crippen LogP contribution in [0.3, 0.4) is 0 Å². The Bertz CT molecular complexity index is 762. The van der Waals surface area contributed by atoms with Gasteiger partial charge in [0.2, 0.25) is 11.8 Å². The number of likely N-dealkylation sites (tertiary alicyclic amines) is 1. The summed E-state index contributed by atoms with van der Waals surface area (Å²) in [4.78, 5) is 24.9. The molecule has 0 aromatic heterocycles. The molecule has 6 heteroatoms. The van der Waals surface area contributed by atoms with Gasteiger partial charge in [0, 0.05) is 29.4 Å². The van der Waals surface area contributed by atoms with Gasteiger partial charge in [0.1, 0.15) is 17.7 Å². The molecule has 2 aromatic carbocycles. The van der Waals surface area contributed by atoms with Crippen LogP contribution in [0.15, 0.2) is 48.5 Å². The van der Waals surface area contributed by atoms with Crippen molar-refractivity contribution in [3.8, 4) is 5.75 Å². The van der Waals surface area contributed by atoms with Gasteiger partial charge in [-0.05, 0) is 58.5 Å². The Balaban J connectivity index is 1.77. The first-order valence-electron chi connectivity index (χ1n) is 8.04. The van der Waals surface area contributed by atoms with Gasteiger partial charge in [-0.15, -0.1) is 0 Å². The van der Waals surface area contributed by atoms with Crippen molar-refractivity contribution in [2.75, 3.05) is 6.54 Å². The summed E-state index contributed by atoms with van der Waals surface area (Å²) in [5, 5.41) is 0. The number of halogens is 2. The minimum Gasteiger partial charge on any atom is -0.486 e. The molecular formula is C19H17FINO3. The highest BCUT2D eigenvalue weighted by Crippen LogP contribution is 2.27. The quantitative estimate of drug-likeness (QED) is 0.489. The minimum atomic E-state index is -0.375. The Morgan fingerprint density at radius 1 is 1.08 bits per heavy atom. The average Bonchev–Trinajstić information content (AvgIpc) is 2.91. The fraction of sp³-hybridized carbons (Fsp3) is 0.263. The predicted molar refractivity (Wildman–Crippen MR) is 99.5 cm³/mol. The van der Waals surface area contributed by atoms with E-state index in [0.29, 0.717) is 18.7 Å². The van der Waals surface area contributed by atoms with Crippen LogP contribution in [-0.4, -0.2) is 23.3 Å². The lowest BCUT2D eigenvalue weighted by molar-refractivity contribution is -0.138. The van der Waals surface area contributed by atoms with Gasteiger partial charge in [-0.2, -0.15) is 0 Å². The Hall–Kier alpha value is -1.96. The maximum Gasteiger partial charge on any atom is 0.229 e. The zero-order valence-corrected chi connectivity index (χ0v) is 15.6. The Morgan fingerprint density at radius 2 is 1.76 bits per heavy atom. The minimum absolute atomic E-state index is 0.142. The number of hydrogen-bond acceptors (Lipinski definition) is 3. The largest absolute Gasteiger partial charge is 0.486 e. The third kappa shape index (κ3) is 4.56. The van der Waals surface area contributed by atoms with Crippen molar-refractivity contribution in [3.63, 3.8) is 0 Å². The van der Waals surface area contributed by atoms with Gasteiger partial charge in [-0.1, -0.05) is 18.2 Å². The van der Waals surface area contributed by atoms with E-state index in [9.17, 15) is 14.0 Å². The maximum absolute atomic E-state index is 13.2. The summed E-state index contributed by atoms with van der Waals surface area (Å²) in [6, 6.07) is 13.7. The molecule has 0 saturated carbocycles. The number of carbonyl (C=O) groups is 2. The van der Waals surface area contributed by atoms with E-state index in [4.69, 9.17) is 4.74 Å². The SMILES string of the molecule is O=C1CCC(=O)N1CCC(Oc1cccc(I)c1)c1ccc(F)cc1. The molecule has 4 nitrogen and oxygen atoms in total. The normalized spacial score (nSPS) is 15.5. The second-order valence-electron chi connectivity index (χ2n) is 5.84. The van der Waals surface area contributed by atoms with Crippen molar-refractivity contribution in [1.29, 1.82) is 0 Å². The lowest BCUT2D eigenvalue weighted by Crippen LogP contribution is -2.31. The third-order valence-corrected chi connectivity index (χ3v) is 4.76. The van der Waals surface area contributed by atoms with Crippen LogP contribution in [0.5, 0.6) is 5.75 Å². The molecule has 0 spiro atoms. The first-order chi connectivity index (χ1) is 12.0. The monoisotopic (exact) mass is 453 g/mol. The van der Waals surface area contributed by atoms with E-state index in [1.807, 2.05) is 24.3 Å². The summed E-state index contributed by atoms with van der Waals surface area (Å²) in [7, 11) is 0. The molecular weight excluding hydrogens is 436 g/mol. The molecule has 1 atom stereocenters. The molecule has 2 amide bonds. The number of nitrogens with zero attached hydrogens (tertiary/aromatic N) is 1. The van der Waals surface area contributed by atoms with Gasteiger partial charge in [0.05, 0.1) is 0 Å². The van der Waals surface area contributed by atoms with Gasteiger partial charge >= 0.3 is 0 Å². The van der Waals surface area contributed by atoms with Crippen molar-refractivity contribution in [3.05, 3.63) is 63.5 Å². The molecule has 25 heavy (non-hydrogen) atoms. The maximum atomic E-state index is 13.2. The van der Waals surface area contributed by atoms with Gasteiger partial charge in [0.25, 0.3) is 0 Å².